The summed E-state index contributed by atoms with van der Waals surface area (Å²) in [5.41, 5.74) is 0. The van der Waals surface area contributed by atoms with Crippen molar-refractivity contribution in [3.8, 4) is 0 Å². The lowest BCUT2D eigenvalue weighted by Gasteiger charge is -2.38. The molecule has 1 N–H and O–H groups in total. The summed E-state index contributed by atoms with van der Waals surface area (Å²) in [6, 6.07) is 0. The van der Waals surface area contributed by atoms with Gasteiger partial charge in [-0.15, -0.1) is 46.4 Å². The van der Waals surface area contributed by atoms with Crippen LogP contribution in [0, 0.1) is 11.8 Å². The Morgan fingerprint density at radius 2 is 1.68 bits per heavy atom. The van der Waals surface area contributed by atoms with Gasteiger partial charge in [-0.2, -0.15) is 0 Å². The quantitative estimate of drug-likeness (QED) is 0.635. The Kier molecular flexibility index (Phi) is 8.31. The molecule has 0 amide bonds. The standard InChI is InChI=1S/C18H30Cl4N2O/c19-13-2-1-12(16(21)7-13)10-25-18(9-24-6-5-23-11-24)15-4-3-14(20)8-17(15)22/h12-18,23H,1-11H2. The summed E-state index contributed by atoms with van der Waals surface area (Å²) in [7, 11) is 0. The van der Waals surface area contributed by atoms with Crippen molar-refractivity contribution in [1.29, 1.82) is 0 Å². The molecule has 7 heteroatoms. The van der Waals surface area contributed by atoms with Crippen molar-refractivity contribution in [2.45, 2.75) is 66.1 Å². The van der Waals surface area contributed by atoms with Crippen LogP contribution in [-0.4, -0.2) is 65.4 Å². The van der Waals surface area contributed by atoms with Crippen LogP contribution in [0.3, 0.4) is 0 Å². The molecule has 2 saturated carbocycles. The second-order valence-electron chi connectivity index (χ2n) is 7.88. The number of nitrogens with zero attached hydrogens (tertiary/aromatic N) is 1. The Hall–Kier alpha value is 1.04. The number of hydrogen-bond acceptors (Lipinski definition) is 3. The molecule has 2 aliphatic carbocycles. The van der Waals surface area contributed by atoms with Crippen LogP contribution in [0.4, 0.5) is 0 Å². The van der Waals surface area contributed by atoms with Crippen LogP contribution in [0.15, 0.2) is 0 Å². The van der Waals surface area contributed by atoms with Gasteiger partial charge in [0.1, 0.15) is 0 Å². The van der Waals surface area contributed by atoms with E-state index in [4.69, 9.17) is 51.1 Å². The molecule has 3 aliphatic rings. The van der Waals surface area contributed by atoms with Gasteiger partial charge in [0.05, 0.1) is 12.7 Å². The predicted molar refractivity (Wildman–Crippen MR) is 107 cm³/mol. The maximum Gasteiger partial charge on any atom is 0.0744 e. The van der Waals surface area contributed by atoms with Crippen molar-refractivity contribution in [3.63, 3.8) is 0 Å². The Labute approximate surface area is 172 Å². The lowest BCUT2D eigenvalue weighted by molar-refractivity contribution is -0.0345. The molecule has 3 rings (SSSR count). The number of ether oxygens (including phenoxy) is 1. The molecule has 0 aromatic heterocycles. The smallest absolute Gasteiger partial charge is 0.0744 e. The van der Waals surface area contributed by atoms with Crippen molar-refractivity contribution in [3.05, 3.63) is 0 Å². The van der Waals surface area contributed by atoms with Crippen molar-refractivity contribution in [1.82, 2.24) is 10.2 Å². The van der Waals surface area contributed by atoms with Gasteiger partial charge in [0.25, 0.3) is 0 Å². The normalized spacial score (nSPS) is 41.8. The van der Waals surface area contributed by atoms with Crippen LogP contribution in [0.1, 0.15) is 38.5 Å². The van der Waals surface area contributed by atoms with E-state index in [1.54, 1.807) is 0 Å². The van der Waals surface area contributed by atoms with Crippen LogP contribution in [0.25, 0.3) is 0 Å². The summed E-state index contributed by atoms with van der Waals surface area (Å²) < 4.78 is 6.47. The average molecular weight is 432 g/mol. The van der Waals surface area contributed by atoms with Crippen LogP contribution in [-0.2, 0) is 4.74 Å². The number of hydrogen-bond donors (Lipinski definition) is 1. The summed E-state index contributed by atoms with van der Waals surface area (Å²) in [5.74, 6) is 0.768. The number of nitrogens with one attached hydrogen (secondary N) is 1. The molecule has 0 radical (unpaired) electrons. The molecular weight excluding hydrogens is 402 g/mol. The van der Waals surface area contributed by atoms with E-state index in [0.717, 1.165) is 64.8 Å². The molecule has 7 atom stereocenters. The minimum Gasteiger partial charge on any atom is -0.376 e. The molecule has 7 unspecified atom stereocenters. The number of halogens is 4. The van der Waals surface area contributed by atoms with Crippen molar-refractivity contribution in [2.75, 3.05) is 32.9 Å². The van der Waals surface area contributed by atoms with Gasteiger partial charge in [-0.25, -0.2) is 0 Å². The van der Waals surface area contributed by atoms with Gasteiger partial charge in [0.2, 0.25) is 0 Å². The van der Waals surface area contributed by atoms with Crippen molar-refractivity contribution < 1.29 is 4.74 Å². The van der Waals surface area contributed by atoms with Gasteiger partial charge in [-0.3, -0.25) is 4.90 Å². The Morgan fingerprint density at radius 3 is 2.32 bits per heavy atom. The summed E-state index contributed by atoms with van der Waals surface area (Å²) in [6.45, 7) is 4.72. The zero-order chi connectivity index (χ0) is 17.8. The van der Waals surface area contributed by atoms with E-state index in [1.807, 2.05) is 0 Å². The zero-order valence-corrected chi connectivity index (χ0v) is 17.7. The molecule has 3 fully saturated rings. The third kappa shape index (κ3) is 6.01. The molecule has 1 heterocycles. The third-order valence-electron chi connectivity index (χ3n) is 5.98. The lowest BCUT2D eigenvalue weighted by Crippen LogP contribution is -2.44. The van der Waals surface area contributed by atoms with Crippen LogP contribution in [0.5, 0.6) is 0 Å². The van der Waals surface area contributed by atoms with Gasteiger partial charge in [0.15, 0.2) is 0 Å². The Balaban J connectivity index is 1.57. The van der Waals surface area contributed by atoms with E-state index >= 15 is 0 Å². The Bertz CT molecular complexity index is 411. The van der Waals surface area contributed by atoms with Crippen molar-refractivity contribution in [2.24, 2.45) is 11.8 Å². The average Bonchev–Trinajstić information content (AvgIpc) is 3.06. The van der Waals surface area contributed by atoms with Gasteiger partial charge in [0, 0.05) is 53.7 Å². The maximum absolute atomic E-state index is 6.68. The van der Waals surface area contributed by atoms with E-state index in [2.05, 4.69) is 10.2 Å². The van der Waals surface area contributed by atoms with Gasteiger partial charge in [-0.05, 0) is 44.4 Å². The van der Waals surface area contributed by atoms with E-state index in [0.29, 0.717) is 18.4 Å². The second-order valence-corrected chi connectivity index (χ2v) is 10.2. The zero-order valence-electron chi connectivity index (χ0n) is 14.7. The summed E-state index contributed by atoms with van der Waals surface area (Å²) in [6.07, 6.45) is 6.09. The molecule has 1 aliphatic heterocycles. The van der Waals surface area contributed by atoms with Crippen LogP contribution < -0.4 is 5.32 Å². The molecule has 0 aromatic carbocycles. The van der Waals surface area contributed by atoms with Crippen LogP contribution in [0.2, 0.25) is 0 Å². The fourth-order valence-electron chi connectivity index (χ4n) is 4.35. The first-order valence-corrected chi connectivity index (χ1v) is 11.4. The summed E-state index contributed by atoms with van der Waals surface area (Å²) >= 11 is 25.8. The first-order chi connectivity index (χ1) is 12.0. The second kappa shape index (κ2) is 10.0. The van der Waals surface area contributed by atoms with E-state index in [1.165, 1.54) is 0 Å². The lowest BCUT2D eigenvalue weighted by atomic mass is 9.83. The highest BCUT2D eigenvalue weighted by molar-refractivity contribution is 6.24. The minimum absolute atomic E-state index is 0.0992. The SMILES string of the molecule is ClC1CCC(COC(CN2CCNC2)C2CCC(Cl)CC2Cl)C(Cl)C1. The molecule has 25 heavy (non-hydrogen) atoms. The highest BCUT2D eigenvalue weighted by Crippen LogP contribution is 2.37. The largest absolute Gasteiger partial charge is 0.376 e. The van der Waals surface area contributed by atoms with Crippen LogP contribution >= 0.6 is 46.4 Å². The molecule has 0 spiro atoms. The van der Waals surface area contributed by atoms with Gasteiger partial charge < -0.3 is 10.1 Å². The minimum atomic E-state index is 0.0992. The van der Waals surface area contributed by atoms with E-state index in [-0.39, 0.29) is 27.6 Å². The maximum atomic E-state index is 6.68. The first-order valence-electron chi connectivity index (χ1n) is 9.64. The fourth-order valence-corrected chi connectivity index (χ4v) is 6.09. The monoisotopic (exact) mass is 430 g/mol. The molecular formula is C18H30Cl4N2O. The molecule has 0 bridgehead atoms. The Morgan fingerprint density at radius 1 is 0.960 bits per heavy atom. The molecule has 3 nitrogen and oxygen atoms in total. The molecule has 0 aromatic rings. The third-order valence-corrected chi connectivity index (χ3v) is 7.81. The highest BCUT2D eigenvalue weighted by Gasteiger charge is 2.37. The fraction of sp³-hybridized carbons (Fsp3) is 1.00. The summed E-state index contributed by atoms with van der Waals surface area (Å²) in [4.78, 5) is 2.43. The number of alkyl halides is 4. The summed E-state index contributed by atoms with van der Waals surface area (Å²) in [5, 5.41) is 4.04. The predicted octanol–water partition coefficient (Wildman–Crippen LogP) is 4.26. The highest BCUT2D eigenvalue weighted by atomic mass is 35.5. The van der Waals surface area contributed by atoms with E-state index in [9.17, 15) is 0 Å². The first kappa shape index (κ1) is 20.8. The number of rotatable bonds is 6. The van der Waals surface area contributed by atoms with E-state index < -0.39 is 0 Å². The van der Waals surface area contributed by atoms with Crippen molar-refractivity contribution >= 4 is 46.4 Å². The topological polar surface area (TPSA) is 24.5 Å². The van der Waals surface area contributed by atoms with Gasteiger partial charge >= 0.3 is 0 Å². The van der Waals surface area contributed by atoms with Gasteiger partial charge in [-0.1, -0.05) is 0 Å². The molecule has 1 saturated heterocycles. The molecule has 146 valence electrons.